The quantitative estimate of drug-likeness (QED) is 0.636. The Morgan fingerprint density at radius 3 is 2.26 bits per heavy atom. The van der Waals surface area contributed by atoms with Crippen molar-refractivity contribution in [3.8, 4) is 0 Å². The molecular formula is C12H19N3O4. The third kappa shape index (κ3) is 2.86. The summed E-state index contributed by atoms with van der Waals surface area (Å²) in [5, 5.41) is 8.78. The Morgan fingerprint density at radius 2 is 1.79 bits per heavy atom. The van der Waals surface area contributed by atoms with Crippen LogP contribution in [-0.4, -0.2) is 83.9 Å². The van der Waals surface area contributed by atoms with Crippen LogP contribution in [0.4, 0.5) is 0 Å². The first-order valence-corrected chi connectivity index (χ1v) is 6.44. The fourth-order valence-electron chi connectivity index (χ4n) is 2.56. The standard InChI is InChI=1S/C12H19N3O4/c1-13-7-9(6-10(13)17)12(19)15-4-2-14(3-5-15)11(18)8-16/h9,16H,2-8H2,1H3. The number of hydrogen-bond donors (Lipinski definition) is 1. The Morgan fingerprint density at radius 1 is 1.21 bits per heavy atom. The molecule has 0 aromatic heterocycles. The SMILES string of the molecule is CN1CC(C(=O)N2CCN(C(=O)CO)CC2)CC1=O. The van der Waals surface area contributed by atoms with E-state index in [1.807, 2.05) is 0 Å². The Hall–Kier alpha value is -1.63. The molecule has 19 heavy (non-hydrogen) atoms. The zero-order valence-corrected chi connectivity index (χ0v) is 11.0. The van der Waals surface area contributed by atoms with Crippen LogP contribution in [0.2, 0.25) is 0 Å². The lowest BCUT2D eigenvalue weighted by Crippen LogP contribution is -2.52. The summed E-state index contributed by atoms with van der Waals surface area (Å²) in [5.41, 5.74) is 0. The third-order valence-electron chi connectivity index (χ3n) is 3.77. The molecule has 1 N–H and O–H groups in total. The van der Waals surface area contributed by atoms with Gasteiger partial charge in [0.2, 0.25) is 17.7 Å². The van der Waals surface area contributed by atoms with E-state index >= 15 is 0 Å². The molecule has 0 radical (unpaired) electrons. The minimum Gasteiger partial charge on any atom is -0.387 e. The highest BCUT2D eigenvalue weighted by Gasteiger charge is 2.35. The summed E-state index contributed by atoms with van der Waals surface area (Å²) in [7, 11) is 1.70. The van der Waals surface area contributed by atoms with Crippen molar-refractivity contribution in [2.24, 2.45) is 5.92 Å². The van der Waals surface area contributed by atoms with Crippen LogP contribution in [0, 0.1) is 5.92 Å². The van der Waals surface area contributed by atoms with Gasteiger partial charge in [0.15, 0.2) is 0 Å². The Kier molecular flexibility index (Phi) is 4.04. The molecule has 0 aromatic rings. The second kappa shape index (κ2) is 5.56. The second-order valence-electron chi connectivity index (χ2n) is 5.04. The van der Waals surface area contributed by atoms with E-state index in [9.17, 15) is 14.4 Å². The topological polar surface area (TPSA) is 81.2 Å². The number of carbonyl (C=O) groups excluding carboxylic acids is 3. The maximum atomic E-state index is 12.2. The van der Waals surface area contributed by atoms with Gasteiger partial charge < -0.3 is 19.8 Å². The molecule has 2 aliphatic rings. The second-order valence-corrected chi connectivity index (χ2v) is 5.04. The van der Waals surface area contributed by atoms with Gasteiger partial charge in [0.05, 0.1) is 5.92 Å². The summed E-state index contributed by atoms with van der Waals surface area (Å²) < 4.78 is 0. The molecule has 0 spiro atoms. The van der Waals surface area contributed by atoms with Gasteiger partial charge in [0, 0.05) is 46.2 Å². The van der Waals surface area contributed by atoms with Gasteiger partial charge in [0.1, 0.15) is 6.61 Å². The molecule has 0 aliphatic carbocycles. The van der Waals surface area contributed by atoms with Gasteiger partial charge >= 0.3 is 0 Å². The van der Waals surface area contributed by atoms with E-state index in [-0.39, 0.29) is 30.1 Å². The zero-order chi connectivity index (χ0) is 14.0. The van der Waals surface area contributed by atoms with Crippen LogP contribution in [0.3, 0.4) is 0 Å². The molecule has 2 heterocycles. The number of likely N-dealkylation sites (tertiary alicyclic amines) is 1. The molecule has 2 fully saturated rings. The molecule has 3 amide bonds. The van der Waals surface area contributed by atoms with E-state index in [0.29, 0.717) is 32.7 Å². The number of aliphatic hydroxyl groups excluding tert-OH is 1. The van der Waals surface area contributed by atoms with Crippen molar-refractivity contribution in [2.75, 3.05) is 46.4 Å². The minimum atomic E-state index is -0.490. The van der Waals surface area contributed by atoms with E-state index in [0.717, 1.165) is 0 Å². The molecule has 2 saturated heterocycles. The van der Waals surface area contributed by atoms with E-state index in [2.05, 4.69) is 0 Å². The van der Waals surface area contributed by atoms with Crippen LogP contribution in [0.25, 0.3) is 0 Å². The zero-order valence-electron chi connectivity index (χ0n) is 11.0. The average molecular weight is 269 g/mol. The minimum absolute atomic E-state index is 0.00574. The fraction of sp³-hybridized carbons (Fsp3) is 0.750. The van der Waals surface area contributed by atoms with Gasteiger partial charge in [0.25, 0.3) is 0 Å². The number of rotatable bonds is 2. The van der Waals surface area contributed by atoms with E-state index in [4.69, 9.17) is 5.11 Å². The first-order valence-electron chi connectivity index (χ1n) is 6.44. The van der Waals surface area contributed by atoms with Gasteiger partial charge in [-0.15, -0.1) is 0 Å². The number of piperazine rings is 1. The lowest BCUT2D eigenvalue weighted by atomic mass is 10.1. The van der Waals surface area contributed by atoms with Crippen LogP contribution < -0.4 is 0 Å². The van der Waals surface area contributed by atoms with E-state index in [1.165, 1.54) is 0 Å². The maximum absolute atomic E-state index is 12.2. The summed E-state index contributed by atoms with van der Waals surface area (Å²) in [6.07, 6.45) is 0.283. The van der Waals surface area contributed by atoms with Crippen LogP contribution in [0.1, 0.15) is 6.42 Å². The summed E-state index contributed by atoms with van der Waals surface area (Å²) in [6.45, 7) is 1.82. The highest BCUT2D eigenvalue weighted by Crippen LogP contribution is 2.19. The average Bonchev–Trinajstić information content (AvgIpc) is 2.77. The van der Waals surface area contributed by atoms with Gasteiger partial charge in [-0.25, -0.2) is 0 Å². The van der Waals surface area contributed by atoms with Crippen molar-refractivity contribution in [1.29, 1.82) is 0 Å². The molecular weight excluding hydrogens is 250 g/mol. The summed E-state index contributed by atoms with van der Waals surface area (Å²) in [4.78, 5) is 39.8. The van der Waals surface area contributed by atoms with E-state index in [1.54, 1.807) is 21.7 Å². The van der Waals surface area contributed by atoms with Crippen molar-refractivity contribution in [3.05, 3.63) is 0 Å². The largest absolute Gasteiger partial charge is 0.387 e. The molecule has 7 heteroatoms. The number of aliphatic hydroxyl groups is 1. The molecule has 1 atom stereocenters. The number of carbonyl (C=O) groups is 3. The summed E-state index contributed by atoms with van der Waals surface area (Å²) >= 11 is 0. The van der Waals surface area contributed by atoms with Gasteiger partial charge in [-0.1, -0.05) is 0 Å². The number of hydrogen-bond acceptors (Lipinski definition) is 4. The van der Waals surface area contributed by atoms with Crippen molar-refractivity contribution in [1.82, 2.24) is 14.7 Å². The Bertz CT molecular complexity index is 390. The van der Waals surface area contributed by atoms with Crippen molar-refractivity contribution in [3.63, 3.8) is 0 Å². The lowest BCUT2D eigenvalue weighted by molar-refractivity contribution is -0.143. The Balaban J connectivity index is 1.86. The molecule has 1 unspecified atom stereocenters. The van der Waals surface area contributed by atoms with Crippen molar-refractivity contribution >= 4 is 17.7 Å². The van der Waals surface area contributed by atoms with Gasteiger partial charge in [-0.2, -0.15) is 0 Å². The smallest absolute Gasteiger partial charge is 0.248 e. The molecule has 0 bridgehead atoms. The van der Waals surface area contributed by atoms with Crippen LogP contribution in [0.15, 0.2) is 0 Å². The molecule has 0 aromatic carbocycles. The number of amides is 3. The maximum Gasteiger partial charge on any atom is 0.248 e. The monoisotopic (exact) mass is 269 g/mol. The third-order valence-corrected chi connectivity index (χ3v) is 3.77. The predicted molar refractivity (Wildman–Crippen MR) is 66.0 cm³/mol. The molecule has 0 saturated carbocycles. The van der Waals surface area contributed by atoms with Crippen LogP contribution in [-0.2, 0) is 14.4 Å². The first kappa shape index (κ1) is 13.8. The molecule has 7 nitrogen and oxygen atoms in total. The predicted octanol–water partition coefficient (Wildman–Crippen LogP) is -1.87. The molecule has 106 valence electrons. The lowest BCUT2D eigenvalue weighted by Gasteiger charge is -2.35. The van der Waals surface area contributed by atoms with E-state index < -0.39 is 6.61 Å². The molecule has 2 rings (SSSR count). The Labute approximate surface area is 111 Å². The highest BCUT2D eigenvalue weighted by molar-refractivity contribution is 5.89. The van der Waals surface area contributed by atoms with Crippen LogP contribution in [0.5, 0.6) is 0 Å². The van der Waals surface area contributed by atoms with Crippen molar-refractivity contribution in [2.45, 2.75) is 6.42 Å². The van der Waals surface area contributed by atoms with Crippen molar-refractivity contribution < 1.29 is 19.5 Å². The van der Waals surface area contributed by atoms with Crippen LogP contribution >= 0.6 is 0 Å². The normalized spacial score (nSPS) is 24.0. The number of nitrogens with zero attached hydrogens (tertiary/aromatic N) is 3. The fourth-order valence-corrected chi connectivity index (χ4v) is 2.56. The van der Waals surface area contributed by atoms with Gasteiger partial charge in [-0.3, -0.25) is 14.4 Å². The highest BCUT2D eigenvalue weighted by atomic mass is 16.3. The molecule has 2 aliphatic heterocycles. The van der Waals surface area contributed by atoms with Gasteiger partial charge in [-0.05, 0) is 0 Å². The summed E-state index contributed by atoms with van der Waals surface area (Å²) in [6, 6.07) is 0. The first-order chi connectivity index (χ1) is 9.02. The summed E-state index contributed by atoms with van der Waals surface area (Å²) in [5.74, 6) is -0.554.